The van der Waals surface area contributed by atoms with Gasteiger partial charge in [0, 0.05) is 25.0 Å². The predicted octanol–water partition coefficient (Wildman–Crippen LogP) is 2.49. The van der Waals surface area contributed by atoms with Crippen LogP contribution in [0.1, 0.15) is 10.4 Å². The third-order valence-corrected chi connectivity index (χ3v) is 3.32. The number of aromatic nitrogens is 2. The number of carbonyl (C=O) groups is 1. The maximum absolute atomic E-state index is 12.6. The molecule has 0 aliphatic rings. The van der Waals surface area contributed by atoms with Crippen LogP contribution in [0, 0.1) is 0 Å². The van der Waals surface area contributed by atoms with Crippen LogP contribution < -0.4 is 10.6 Å². The number of nitrogens with two attached hydrogens (primary N) is 1. The van der Waals surface area contributed by atoms with Gasteiger partial charge < -0.3 is 10.6 Å². The minimum absolute atomic E-state index is 0.138. The van der Waals surface area contributed by atoms with Crippen LogP contribution in [-0.4, -0.2) is 22.9 Å². The van der Waals surface area contributed by atoms with E-state index in [2.05, 4.69) is 9.97 Å². The van der Waals surface area contributed by atoms with Crippen LogP contribution >= 0.6 is 0 Å². The lowest BCUT2D eigenvalue weighted by molar-refractivity contribution is 0.0993. The molecular weight excluding hydrogens is 264 g/mol. The summed E-state index contributed by atoms with van der Waals surface area (Å²) in [4.78, 5) is 22.5. The van der Waals surface area contributed by atoms with Crippen LogP contribution in [0.2, 0.25) is 0 Å². The summed E-state index contributed by atoms with van der Waals surface area (Å²) in [6.07, 6.45) is 3.23. The molecule has 0 atom stereocenters. The third kappa shape index (κ3) is 2.41. The SMILES string of the molecule is CN(C(=O)c1ccc2nccnc2c1)c1ccccc1N. The minimum atomic E-state index is -0.138. The van der Waals surface area contributed by atoms with Crippen LogP contribution in [0.5, 0.6) is 0 Å². The lowest BCUT2D eigenvalue weighted by atomic mass is 10.1. The number of amides is 1. The van der Waals surface area contributed by atoms with Gasteiger partial charge in [-0.05, 0) is 30.3 Å². The fourth-order valence-electron chi connectivity index (χ4n) is 2.19. The molecule has 0 bridgehead atoms. The first-order valence-electron chi connectivity index (χ1n) is 6.50. The molecule has 0 spiro atoms. The first-order valence-corrected chi connectivity index (χ1v) is 6.50. The fourth-order valence-corrected chi connectivity index (χ4v) is 2.19. The largest absolute Gasteiger partial charge is 0.397 e. The average molecular weight is 278 g/mol. The second-order valence-electron chi connectivity index (χ2n) is 4.68. The van der Waals surface area contributed by atoms with E-state index in [0.717, 1.165) is 5.52 Å². The van der Waals surface area contributed by atoms with Gasteiger partial charge >= 0.3 is 0 Å². The molecule has 1 heterocycles. The zero-order valence-electron chi connectivity index (χ0n) is 11.5. The van der Waals surface area contributed by atoms with Crippen molar-refractivity contribution in [2.24, 2.45) is 0 Å². The Morgan fingerprint density at radius 3 is 2.52 bits per heavy atom. The van der Waals surface area contributed by atoms with Crippen molar-refractivity contribution in [3.63, 3.8) is 0 Å². The maximum Gasteiger partial charge on any atom is 0.258 e. The first-order chi connectivity index (χ1) is 10.2. The summed E-state index contributed by atoms with van der Waals surface area (Å²) in [5, 5.41) is 0. The second kappa shape index (κ2) is 5.20. The Morgan fingerprint density at radius 1 is 1.05 bits per heavy atom. The smallest absolute Gasteiger partial charge is 0.258 e. The van der Waals surface area contributed by atoms with Crippen molar-refractivity contribution >= 4 is 28.3 Å². The summed E-state index contributed by atoms with van der Waals surface area (Å²) in [6, 6.07) is 12.5. The summed E-state index contributed by atoms with van der Waals surface area (Å²) in [5.74, 6) is -0.138. The van der Waals surface area contributed by atoms with Gasteiger partial charge in [-0.25, -0.2) is 0 Å². The highest BCUT2D eigenvalue weighted by Crippen LogP contribution is 2.23. The maximum atomic E-state index is 12.6. The van der Waals surface area contributed by atoms with E-state index in [4.69, 9.17) is 5.73 Å². The Hall–Kier alpha value is -2.95. The number of rotatable bonds is 2. The number of carbonyl (C=O) groups excluding carboxylic acids is 1. The average Bonchev–Trinajstić information content (AvgIpc) is 2.53. The standard InChI is InChI=1S/C16H14N4O/c1-20(15-5-3-2-4-12(15)17)16(21)11-6-7-13-14(10-11)19-9-8-18-13/h2-10H,17H2,1H3. The van der Waals surface area contributed by atoms with Crippen LogP contribution in [0.25, 0.3) is 11.0 Å². The molecule has 3 rings (SSSR count). The molecule has 0 aliphatic heterocycles. The van der Waals surface area contributed by atoms with Gasteiger partial charge in [0.25, 0.3) is 5.91 Å². The van der Waals surface area contributed by atoms with Crippen molar-refractivity contribution in [2.45, 2.75) is 0 Å². The highest BCUT2D eigenvalue weighted by Gasteiger charge is 2.15. The van der Waals surface area contributed by atoms with Gasteiger partial charge in [0.2, 0.25) is 0 Å². The normalized spacial score (nSPS) is 10.5. The highest BCUT2D eigenvalue weighted by molar-refractivity contribution is 6.08. The molecule has 104 valence electrons. The van der Waals surface area contributed by atoms with E-state index in [9.17, 15) is 4.79 Å². The molecule has 0 saturated heterocycles. The summed E-state index contributed by atoms with van der Waals surface area (Å²) >= 11 is 0. The number of nitrogen functional groups attached to an aromatic ring is 1. The topological polar surface area (TPSA) is 72.1 Å². The van der Waals surface area contributed by atoms with Gasteiger partial charge in [-0.1, -0.05) is 12.1 Å². The number of hydrogen-bond donors (Lipinski definition) is 1. The molecule has 2 N–H and O–H groups in total. The van der Waals surface area contributed by atoms with Gasteiger partial charge in [-0.2, -0.15) is 0 Å². The Balaban J connectivity index is 1.98. The van der Waals surface area contributed by atoms with Crippen LogP contribution in [0.4, 0.5) is 11.4 Å². The third-order valence-electron chi connectivity index (χ3n) is 3.32. The molecule has 0 fully saturated rings. The molecule has 0 unspecified atom stereocenters. The summed E-state index contributed by atoms with van der Waals surface area (Å²) in [7, 11) is 1.70. The quantitative estimate of drug-likeness (QED) is 0.731. The van der Waals surface area contributed by atoms with E-state index in [1.54, 1.807) is 43.7 Å². The summed E-state index contributed by atoms with van der Waals surface area (Å²) < 4.78 is 0. The van der Waals surface area contributed by atoms with Gasteiger partial charge in [-0.3, -0.25) is 14.8 Å². The van der Waals surface area contributed by atoms with Crippen LogP contribution in [0.3, 0.4) is 0 Å². The van der Waals surface area contributed by atoms with Gasteiger partial charge in [-0.15, -0.1) is 0 Å². The van der Waals surface area contributed by atoms with E-state index >= 15 is 0 Å². The lowest BCUT2D eigenvalue weighted by Gasteiger charge is -2.19. The first kappa shape index (κ1) is 13.1. The van der Waals surface area contributed by atoms with Gasteiger partial charge in [0.1, 0.15) is 0 Å². The molecule has 2 aromatic carbocycles. The lowest BCUT2D eigenvalue weighted by Crippen LogP contribution is -2.27. The van der Waals surface area contributed by atoms with Crippen molar-refractivity contribution in [1.82, 2.24) is 9.97 Å². The predicted molar refractivity (Wildman–Crippen MR) is 83.1 cm³/mol. The molecule has 21 heavy (non-hydrogen) atoms. The Bertz CT molecular complexity index is 816. The molecule has 0 aliphatic carbocycles. The zero-order chi connectivity index (χ0) is 14.8. The number of fused-ring (bicyclic) bond motifs is 1. The van der Waals surface area contributed by atoms with Crippen molar-refractivity contribution < 1.29 is 4.79 Å². The summed E-state index contributed by atoms with van der Waals surface area (Å²) in [5.41, 5.74) is 9.16. The molecule has 0 saturated carbocycles. The number of anilines is 2. The number of nitrogens with zero attached hydrogens (tertiary/aromatic N) is 3. The fraction of sp³-hybridized carbons (Fsp3) is 0.0625. The molecule has 0 radical (unpaired) electrons. The van der Waals surface area contributed by atoms with E-state index in [0.29, 0.717) is 22.5 Å². The van der Waals surface area contributed by atoms with Gasteiger partial charge in [0.15, 0.2) is 0 Å². The zero-order valence-corrected chi connectivity index (χ0v) is 11.5. The molecule has 5 heteroatoms. The highest BCUT2D eigenvalue weighted by atomic mass is 16.2. The van der Waals surface area contributed by atoms with Crippen LogP contribution in [-0.2, 0) is 0 Å². The summed E-state index contributed by atoms with van der Waals surface area (Å²) in [6.45, 7) is 0. The number of benzene rings is 2. The minimum Gasteiger partial charge on any atom is -0.397 e. The van der Waals surface area contributed by atoms with E-state index in [-0.39, 0.29) is 5.91 Å². The van der Waals surface area contributed by atoms with Crippen molar-refractivity contribution in [3.8, 4) is 0 Å². The van der Waals surface area contributed by atoms with E-state index < -0.39 is 0 Å². The molecule has 5 nitrogen and oxygen atoms in total. The van der Waals surface area contributed by atoms with E-state index in [1.165, 1.54) is 4.90 Å². The van der Waals surface area contributed by atoms with Gasteiger partial charge in [0.05, 0.1) is 22.4 Å². The Kier molecular flexibility index (Phi) is 3.23. The van der Waals surface area contributed by atoms with Crippen molar-refractivity contribution in [1.29, 1.82) is 0 Å². The molecule has 1 amide bonds. The van der Waals surface area contributed by atoms with Crippen LogP contribution in [0.15, 0.2) is 54.9 Å². The Morgan fingerprint density at radius 2 is 1.76 bits per heavy atom. The monoisotopic (exact) mass is 278 g/mol. The number of para-hydroxylation sites is 2. The Labute approximate surface area is 122 Å². The molecular formula is C16H14N4O. The van der Waals surface area contributed by atoms with Crippen molar-refractivity contribution in [2.75, 3.05) is 17.7 Å². The number of hydrogen-bond acceptors (Lipinski definition) is 4. The van der Waals surface area contributed by atoms with Crippen molar-refractivity contribution in [3.05, 3.63) is 60.4 Å². The van der Waals surface area contributed by atoms with E-state index in [1.807, 2.05) is 18.2 Å². The molecule has 3 aromatic rings. The molecule has 1 aromatic heterocycles. The second-order valence-corrected chi connectivity index (χ2v) is 4.68.